The van der Waals surface area contributed by atoms with Crippen molar-refractivity contribution in [3.63, 3.8) is 0 Å². The summed E-state index contributed by atoms with van der Waals surface area (Å²) in [5.41, 5.74) is 4.89. The summed E-state index contributed by atoms with van der Waals surface area (Å²) in [6, 6.07) is 1.28. The number of hydrogen-bond donors (Lipinski definition) is 2. The van der Waals surface area contributed by atoms with Crippen LogP contribution in [0.15, 0.2) is 17.0 Å². The number of aliphatic hydroxyl groups is 1. The Morgan fingerprint density at radius 3 is 2.40 bits per heavy atom. The van der Waals surface area contributed by atoms with Gasteiger partial charge in [-0.05, 0) is 24.8 Å². The standard InChI is InChI=1S/C12H16F2N2O3S/c13-9-5-10(14)12(6-11(9)15)20(18,19)16-3-1-8(7-17)2-4-16/h5-6,8,17H,1-4,7,15H2. The van der Waals surface area contributed by atoms with Gasteiger partial charge in [0.1, 0.15) is 16.5 Å². The van der Waals surface area contributed by atoms with E-state index >= 15 is 0 Å². The van der Waals surface area contributed by atoms with Crippen LogP contribution in [0, 0.1) is 17.6 Å². The minimum absolute atomic E-state index is 0.00570. The molecule has 0 aromatic heterocycles. The van der Waals surface area contributed by atoms with Gasteiger partial charge in [-0.2, -0.15) is 4.31 Å². The first-order valence-corrected chi connectivity index (χ1v) is 7.65. The number of halogens is 2. The molecule has 0 amide bonds. The Kier molecular flexibility index (Phi) is 4.26. The number of sulfonamides is 1. The molecule has 1 saturated heterocycles. The van der Waals surface area contributed by atoms with Crippen molar-refractivity contribution >= 4 is 15.7 Å². The lowest BCUT2D eigenvalue weighted by Gasteiger charge is -2.30. The van der Waals surface area contributed by atoms with Crippen molar-refractivity contribution in [1.82, 2.24) is 4.31 Å². The summed E-state index contributed by atoms with van der Waals surface area (Å²) < 4.78 is 52.5. The second kappa shape index (κ2) is 5.63. The molecule has 1 aromatic carbocycles. The Hall–Kier alpha value is -1.25. The lowest BCUT2D eigenvalue weighted by atomic mass is 10.00. The minimum atomic E-state index is -4.03. The van der Waals surface area contributed by atoms with Gasteiger partial charge in [-0.15, -0.1) is 0 Å². The normalized spacial score (nSPS) is 18.4. The van der Waals surface area contributed by atoms with Crippen LogP contribution in [0.25, 0.3) is 0 Å². The zero-order chi connectivity index (χ0) is 14.9. The van der Waals surface area contributed by atoms with E-state index in [1.807, 2.05) is 0 Å². The molecular weight excluding hydrogens is 290 g/mol. The quantitative estimate of drug-likeness (QED) is 0.814. The van der Waals surface area contributed by atoms with Crippen molar-refractivity contribution in [3.05, 3.63) is 23.8 Å². The SMILES string of the molecule is Nc1cc(S(=O)(=O)N2CCC(CO)CC2)c(F)cc1F. The Morgan fingerprint density at radius 1 is 1.25 bits per heavy atom. The fourth-order valence-electron chi connectivity index (χ4n) is 2.21. The molecule has 1 aliphatic heterocycles. The number of hydrogen-bond acceptors (Lipinski definition) is 4. The second-order valence-corrected chi connectivity index (χ2v) is 6.74. The van der Waals surface area contributed by atoms with Gasteiger partial charge in [-0.25, -0.2) is 17.2 Å². The highest BCUT2D eigenvalue weighted by Crippen LogP contribution is 2.27. The summed E-state index contributed by atoms with van der Waals surface area (Å²) in [5.74, 6) is -2.08. The molecule has 0 saturated carbocycles. The Balaban J connectivity index is 2.30. The summed E-state index contributed by atoms with van der Waals surface area (Å²) in [5, 5.41) is 9.02. The van der Waals surface area contributed by atoms with E-state index in [-0.39, 0.29) is 25.6 Å². The van der Waals surface area contributed by atoms with Crippen LogP contribution in [0.2, 0.25) is 0 Å². The number of nitrogen functional groups attached to an aromatic ring is 1. The number of benzene rings is 1. The molecule has 1 aliphatic rings. The maximum atomic E-state index is 13.7. The molecular formula is C12H16F2N2O3S. The summed E-state index contributed by atoms with van der Waals surface area (Å²) >= 11 is 0. The summed E-state index contributed by atoms with van der Waals surface area (Å²) in [7, 11) is -4.03. The van der Waals surface area contributed by atoms with Crippen molar-refractivity contribution in [3.8, 4) is 0 Å². The third-order valence-electron chi connectivity index (χ3n) is 3.50. The Bertz CT molecular complexity index is 599. The first-order chi connectivity index (χ1) is 9.36. The molecule has 0 radical (unpaired) electrons. The summed E-state index contributed by atoms with van der Waals surface area (Å²) in [6.07, 6.45) is 1.02. The van der Waals surface area contributed by atoms with E-state index in [1.165, 1.54) is 0 Å². The molecule has 0 aliphatic carbocycles. The molecule has 3 N–H and O–H groups in total. The predicted octanol–water partition coefficient (Wildman–Crippen LogP) is 0.940. The van der Waals surface area contributed by atoms with Crippen LogP contribution in [-0.2, 0) is 10.0 Å². The van der Waals surface area contributed by atoms with Crippen molar-refractivity contribution in [2.45, 2.75) is 17.7 Å². The van der Waals surface area contributed by atoms with Crippen LogP contribution in [0.3, 0.4) is 0 Å². The number of piperidine rings is 1. The van der Waals surface area contributed by atoms with E-state index in [9.17, 15) is 17.2 Å². The lowest BCUT2D eigenvalue weighted by Crippen LogP contribution is -2.39. The molecule has 5 nitrogen and oxygen atoms in total. The minimum Gasteiger partial charge on any atom is -0.396 e. The van der Waals surface area contributed by atoms with E-state index in [4.69, 9.17) is 10.8 Å². The molecule has 0 unspecified atom stereocenters. The monoisotopic (exact) mass is 306 g/mol. The largest absolute Gasteiger partial charge is 0.396 e. The molecule has 0 bridgehead atoms. The first kappa shape index (κ1) is 15.1. The van der Waals surface area contributed by atoms with Crippen LogP contribution in [-0.4, -0.2) is 37.5 Å². The van der Waals surface area contributed by atoms with Crippen molar-refractivity contribution in [1.29, 1.82) is 0 Å². The topological polar surface area (TPSA) is 83.6 Å². The van der Waals surface area contributed by atoms with E-state index in [1.54, 1.807) is 0 Å². The maximum absolute atomic E-state index is 13.7. The summed E-state index contributed by atoms with van der Waals surface area (Å²) in [6.45, 7) is 0.403. The molecule has 1 fully saturated rings. The van der Waals surface area contributed by atoms with Gasteiger partial charge >= 0.3 is 0 Å². The van der Waals surface area contributed by atoms with E-state index in [0.29, 0.717) is 18.9 Å². The van der Waals surface area contributed by atoms with Gasteiger partial charge in [0.15, 0.2) is 0 Å². The molecule has 1 heterocycles. The van der Waals surface area contributed by atoms with Crippen LogP contribution in [0.5, 0.6) is 0 Å². The molecule has 0 atom stereocenters. The van der Waals surface area contributed by atoms with Gasteiger partial charge in [0.2, 0.25) is 10.0 Å². The highest BCUT2D eigenvalue weighted by molar-refractivity contribution is 7.89. The highest BCUT2D eigenvalue weighted by Gasteiger charge is 2.31. The maximum Gasteiger partial charge on any atom is 0.246 e. The average Bonchev–Trinajstić information content (AvgIpc) is 2.42. The lowest BCUT2D eigenvalue weighted by molar-refractivity contribution is 0.170. The number of rotatable bonds is 3. The molecule has 1 aromatic rings. The number of anilines is 1. The average molecular weight is 306 g/mol. The van der Waals surface area contributed by atoms with Crippen LogP contribution in [0.4, 0.5) is 14.5 Å². The van der Waals surface area contributed by atoms with Crippen LogP contribution >= 0.6 is 0 Å². The van der Waals surface area contributed by atoms with Gasteiger partial charge in [0.25, 0.3) is 0 Å². The number of nitrogens with two attached hydrogens (primary N) is 1. The summed E-state index contributed by atoms with van der Waals surface area (Å²) in [4.78, 5) is -0.612. The zero-order valence-corrected chi connectivity index (χ0v) is 11.5. The predicted molar refractivity (Wildman–Crippen MR) is 69.3 cm³/mol. The van der Waals surface area contributed by atoms with Crippen LogP contribution < -0.4 is 5.73 Å². The van der Waals surface area contributed by atoms with Crippen molar-refractivity contribution < 1.29 is 22.3 Å². The molecule has 112 valence electrons. The van der Waals surface area contributed by atoms with Gasteiger partial charge in [0.05, 0.1) is 5.69 Å². The van der Waals surface area contributed by atoms with Gasteiger partial charge in [-0.1, -0.05) is 0 Å². The van der Waals surface area contributed by atoms with Gasteiger partial charge in [0, 0.05) is 25.8 Å². The molecule has 2 rings (SSSR count). The Labute approximate surface area is 116 Å². The second-order valence-electron chi connectivity index (χ2n) is 4.83. The van der Waals surface area contributed by atoms with E-state index in [2.05, 4.69) is 0 Å². The third kappa shape index (κ3) is 2.77. The highest BCUT2D eigenvalue weighted by atomic mass is 32.2. The van der Waals surface area contributed by atoms with E-state index in [0.717, 1.165) is 10.4 Å². The first-order valence-electron chi connectivity index (χ1n) is 6.21. The van der Waals surface area contributed by atoms with Gasteiger partial charge < -0.3 is 10.8 Å². The fourth-order valence-corrected chi connectivity index (χ4v) is 3.76. The molecule has 20 heavy (non-hydrogen) atoms. The fraction of sp³-hybridized carbons (Fsp3) is 0.500. The van der Waals surface area contributed by atoms with Gasteiger partial charge in [-0.3, -0.25) is 0 Å². The zero-order valence-electron chi connectivity index (χ0n) is 10.7. The molecule has 8 heteroatoms. The van der Waals surface area contributed by atoms with E-state index < -0.39 is 32.2 Å². The Morgan fingerprint density at radius 2 is 1.85 bits per heavy atom. The molecule has 0 spiro atoms. The van der Waals surface area contributed by atoms with Crippen LogP contribution in [0.1, 0.15) is 12.8 Å². The number of aliphatic hydroxyl groups excluding tert-OH is 1. The van der Waals surface area contributed by atoms with Crippen molar-refractivity contribution in [2.24, 2.45) is 5.92 Å². The van der Waals surface area contributed by atoms with Crippen molar-refractivity contribution in [2.75, 3.05) is 25.4 Å². The number of nitrogens with zero attached hydrogens (tertiary/aromatic N) is 1. The smallest absolute Gasteiger partial charge is 0.246 e. The third-order valence-corrected chi connectivity index (χ3v) is 5.41.